The molecule has 1 aliphatic rings. The van der Waals surface area contributed by atoms with Crippen LogP contribution in [0.1, 0.15) is 29.9 Å². The quantitative estimate of drug-likeness (QED) is 0.556. The molecule has 0 saturated heterocycles. The first kappa shape index (κ1) is 17.6. The molecule has 1 unspecified atom stereocenters. The molecule has 1 atom stereocenters. The minimum absolute atomic E-state index is 0.00302. The minimum atomic E-state index is -0.0404. The van der Waals surface area contributed by atoms with E-state index in [2.05, 4.69) is 33.8 Å². The maximum atomic E-state index is 12.0. The van der Waals surface area contributed by atoms with Crippen molar-refractivity contribution in [1.29, 1.82) is 0 Å². The standard InChI is InChI=1S/C20H18INO3/c1-3-4-9-18(23)22-12-14-13-7-5-6-8-16(13)25-20-17(24-2)11-10-15(21)19(14)20/h1,5-8,10-11,14H,4,9,12H2,2H3,(H,22,23). The lowest BCUT2D eigenvalue weighted by molar-refractivity contribution is -0.121. The number of carbonyl (C=O) groups is 1. The Morgan fingerprint density at radius 1 is 1.36 bits per heavy atom. The largest absolute Gasteiger partial charge is 0.493 e. The third-order valence-corrected chi connectivity index (χ3v) is 5.12. The van der Waals surface area contributed by atoms with Crippen molar-refractivity contribution in [3.63, 3.8) is 0 Å². The molecule has 4 nitrogen and oxygen atoms in total. The van der Waals surface area contributed by atoms with Gasteiger partial charge in [0.1, 0.15) is 5.75 Å². The van der Waals surface area contributed by atoms with Gasteiger partial charge in [-0.1, -0.05) is 18.2 Å². The highest BCUT2D eigenvalue weighted by Gasteiger charge is 2.31. The van der Waals surface area contributed by atoms with E-state index in [9.17, 15) is 4.79 Å². The number of fused-ring (bicyclic) bond motifs is 2. The van der Waals surface area contributed by atoms with Crippen molar-refractivity contribution in [2.45, 2.75) is 18.8 Å². The maximum Gasteiger partial charge on any atom is 0.220 e. The van der Waals surface area contributed by atoms with E-state index in [1.807, 2.05) is 36.4 Å². The van der Waals surface area contributed by atoms with Crippen molar-refractivity contribution >= 4 is 28.5 Å². The van der Waals surface area contributed by atoms with Crippen LogP contribution in [0.4, 0.5) is 0 Å². The zero-order valence-electron chi connectivity index (χ0n) is 13.8. The average Bonchev–Trinajstić information content (AvgIpc) is 2.64. The number of para-hydroxylation sites is 1. The maximum absolute atomic E-state index is 12.0. The highest BCUT2D eigenvalue weighted by atomic mass is 127. The van der Waals surface area contributed by atoms with Gasteiger partial charge in [-0.05, 0) is 40.8 Å². The molecule has 25 heavy (non-hydrogen) atoms. The number of halogens is 1. The van der Waals surface area contributed by atoms with Gasteiger partial charge < -0.3 is 14.8 Å². The molecule has 0 spiro atoms. The van der Waals surface area contributed by atoms with Crippen LogP contribution in [-0.2, 0) is 4.79 Å². The second kappa shape index (κ2) is 7.79. The molecule has 3 rings (SSSR count). The molecule has 1 heterocycles. The molecule has 0 fully saturated rings. The third kappa shape index (κ3) is 3.59. The van der Waals surface area contributed by atoms with Crippen LogP contribution in [0.2, 0.25) is 0 Å². The zero-order valence-corrected chi connectivity index (χ0v) is 16.0. The number of nitrogens with one attached hydrogen (secondary N) is 1. The average molecular weight is 447 g/mol. The lowest BCUT2D eigenvalue weighted by atomic mass is 9.87. The summed E-state index contributed by atoms with van der Waals surface area (Å²) in [4.78, 5) is 12.0. The van der Waals surface area contributed by atoms with Gasteiger partial charge in [-0.3, -0.25) is 4.79 Å². The molecule has 2 aromatic rings. The Kier molecular flexibility index (Phi) is 5.49. The van der Waals surface area contributed by atoms with Crippen LogP contribution in [0.15, 0.2) is 36.4 Å². The number of carbonyl (C=O) groups excluding carboxylic acids is 1. The van der Waals surface area contributed by atoms with Gasteiger partial charge in [0.2, 0.25) is 5.91 Å². The van der Waals surface area contributed by atoms with Gasteiger partial charge in [-0.25, -0.2) is 0 Å². The highest BCUT2D eigenvalue weighted by Crippen LogP contribution is 2.49. The molecule has 0 aromatic heterocycles. The fraction of sp³-hybridized carbons (Fsp3) is 0.250. The molecule has 5 heteroatoms. The van der Waals surface area contributed by atoms with Crippen molar-refractivity contribution in [2.75, 3.05) is 13.7 Å². The van der Waals surface area contributed by atoms with Gasteiger partial charge in [0.05, 0.1) is 7.11 Å². The van der Waals surface area contributed by atoms with Crippen LogP contribution in [0, 0.1) is 15.9 Å². The number of terminal acetylenes is 1. The van der Waals surface area contributed by atoms with Crippen molar-refractivity contribution in [3.8, 4) is 29.6 Å². The molecule has 0 bridgehead atoms. The van der Waals surface area contributed by atoms with Gasteiger partial charge in [0.15, 0.2) is 11.5 Å². The van der Waals surface area contributed by atoms with E-state index in [0.29, 0.717) is 25.1 Å². The second-order valence-electron chi connectivity index (χ2n) is 5.69. The lowest BCUT2D eigenvalue weighted by Gasteiger charge is -2.30. The fourth-order valence-electron chi connectivity index (χ4n) is 2.98. The van der Waals surface area contributed by atoms with Crippen LogP contribution in [0.3, 0.4) is 0 Å². The van der Waals surface area contributed by atoms with Crippen molar-refractivity contribution in [3.05, 3.63) is 51.1 Å². The number of rotatable bonds is 5. The molecule has 1 aliphatic heterocycles. The number of methoxy groups -OCH3 is 1. The molecule has 0 radical (unpaired) electrons. The van der Waals surface area contributed by atoms with Crippen LogP contribution < -0.4 is 14.8 Å². The summed E-state index contributed by atoms with van der Waals surface area (Å²) in [6, 6.07) is 11.8. The summed E-state index contributed by atoms with van der Waals surface area (Å²) in [5.41, 5.74) is 2.09. The third-order valence-electron chi connectivity index (χ3n) is 4.18. The van der Waals surface area contributed by atoms with E-state index in [1.165, 1.54) is 0 Å². The summed E-state index contributed by atoms with van der Waals surface area (Å²) in [6.45, 7) is 0.486. The van der Waals surface area contributed by atoms with Gasteiger partial charge >= 0.3 is 0 Å². The van der Waals surface area contributed by atoms with Gasteiger partial charge in [-0.2, -0.15) is 0 Å². The van der Waals surface area contributed by atoms with Crippen LogP contribution in [-0.4, -0.2) is 19.6 Å². The summed E-state index contributed by atoms with van der Waals surface area (Å²) in [5.74, 6) is 4.65. The van der Waals surface area contributed by atoms with E-state index in [1.54, 1.807) is 7.11 Å². The summed E-state index contributed by atoms with van der Waals surface area (Å²) < 4.78 is 12.7. The summed E-state index contributed by atoms with van der Waals surface area (Å²) in [6.07, 6.45) is 6.01. The number of hydrogen-bond donors (Lipinski definition) is 1. The van der Waals surface area contributed by atoms with E-state index in [-0.39, 0.29) is 11.8 Å². The van der Waals surface area contributed by atoms with E-state index in [0.717, 1.165) is 26.2 Å². The number of hydrogen-bond acceptors (Lipinski definition) is 3. The molecule has 1 N–H and O–H groups in total. The van der Waals surface area contributed by atoms with Crippen LogP contribution in [0.25, 0.3) is 0 Å². The fourth-order valence-corrected chi connectivity index (χ4v) is 3.78. The Morgan fingerprint density at radius 3 is 2.92 bits per heavy atom. The Bertz CT molecular complexity index is 841. The predicted octanol–water partition coefficient (Wildman–Crippen LogP) is 4.07. The van der Waals surface area contributed by atoms with E-state index < -0.39 is 0 Å². The zero-order chi connectivity index (χ0) is 17.8. The monoisotopic (exact) mass is 447 g/mol. The molecular weight excluding hydrogens is 429 g/mol. The van der Waals surface area contributed by atoms with Crippen LogP contribution in [0.5, 0.6) is 17.2 Å². The van der Waals surface area contributed by atoms with E-state index >= 15 is 0 Å². The van der Waals surface area contributed by atoms with Crippen molar-refractivity contribution < 1.29 is 14.3 Å². The Morgan fingerprint density at radius 2 is 2.16 bits per heavy atom. The number of amides is 1. The highest BCUT2D eigenvalue weighted by molar-refractivity contribution is 14.1. The second-order valence-corrected chi connectivity index (χ2v) is 6.86. The Hall–Kier alpha value is -2.20. The Labute approximate surface area is 161 Å². The van der Waals surface area contributed by atoms with Gasteiger partial charge in [-0.15, -0.1) is 12.3 Å². The molecule has 2 aromatic carbocycles. The number of benzene rings is 2. The SMILES string of the molecule is C#CCCC(=O)NCC1c2ccccc2Oc2c(OC)ccc(I)c21. The summed E-state index contributed by atoms with van der Waals surface area (Å²) in [7, 11) is 1.63. The molecule has 128 valence electrons. The first-order chi connectivity index (χ1) is 12.2. The summed E-state index contributed by atoms with van der Waals surface area (Å²) >= 11 is 2.30. The van der Waals surface area contributed by atoms with Crippen molar-refractivity contribution in [2.24, 2.45) is 0 Å². The topological polar surface area (TPSA) is 47.6 Å². The molecule has 0 aliphatic carbocycles. The van der Waals surface area contributed by atoms with E-state index in [4.69, 9.17) is 15.9 Å². The summed E-state index contributed by atoms with van der Waals surface area (Å²) in [5, 5.41) is 3.00. The van der Waals surface area contributed by atoms with Crippen molar-refractivity contribution in [1.82, 2.24) is 5.32 Å². The minimum Gasteiger partial charge on any atom is -0.493 e. The first-order valence-corrected chi connectivity index (χ1v) is 9.07. The lowest BCUT2D eigenvalue weighted by Crippen LogP contribution is -2.30. The smallest absolute Gasteiger partial charge is 0.220 e. The van der Waals surface area contributed by atoms with Crippen LogP contribution >= 0.6 is 22.6 Å². The molecular formula is C20H18INO3. The normalized spacial score (nSPS) is 14.5. The van der Waals surface area contributed by atoms with Gasteiger partial charge in [0.25, 0.3) is 0 Å². The Balaban J connectivity index is 1.97. The predicted molar refractivity (Wildman–Crippen MR) is 105 cm³/mol. The first-order valence-electron chi connectivity index (χ1n) is 7.99. The molecule has 1 amide bonds. The molecule has 0 saturated carbocycles. The van der Waals surface area contributed by atoms with Gasteiger partial charge in [0, 0.05) is 40.0 Å². The number of ether oxygens (including phenoxy) is 2.